The van der Waals surface area contributed by atoms with E-state index in [1.807, 2.05) is 13.8 Å². The first-order valence-corrected chi connectivity index (χ1v) is 11.1. The number of ether oxygens (including phenoxy) is 3. The predicted octanol–water partition coefficient (Wildman–Crippen LogP) is 3.31. The van der Waals surface area contributed by atoms with E-state index >= 15 is 0 Å². The van der Waals surface area contributed by atoms with Gasteiger partial charge < -0.3 is 23.5 Å². The summed E-state index contributed by atoms with van der Waals surface area (Å²) in [6.45, 7) is 7.31. The lowest BCUT2D eigenvalue weighted by Gasteiger charge is -2.37. The molecule has 0 aliphatic carbocycles. The zero-order valence-corrected chi connectivity index (χ0v) is 18.7. The van der Waals surface area contributed by atoms with Gasteiger partial charge in [-0.3, -0.25) is 0 Å². The molecule has 2 aliphatic heterocycles. The summed E-state index contributed by atoms with van der Waals surface area (Å²) in [5.74, 6) is 0.950. The van der Waals surface area contributed by atoms with E-state index in [0.717, 1.165) is 30.0 Å². The van der Waals surface area contributed by atoms with Crippen molar-refractivity contribution in [2.45, 2.75) is 43.3 Å². The second-order valence-corrected chi connectivity index (χ2v) is 9.03. The highest BCUT2D eigenvalue weighted by Crippen LogP contribution is 2.38. The molecule has 2 aromatic rings. The minimum atomic E-state index is -0.520. The Kier molecular flexibility index (Phi) is 6.23. The van der Waals surface area contributed by atoms with Crippen LogP contribution in [0, 0.1) is 11.3 Å². The van der Waals surface area contributed by atoms with E-state index in [-0.39, 0.29) is 11.4 Å². The predicted molar refractivity (Wildman–Crippen MR) is 114 cm³/mol. The Morgan fingerprint density at radius 2 is 2.10 bits per heavy atom. The van der Waals surface area contributed by atoms with Crippen molar-refractivity contribution in [1.82, 2.24) is 4.98 Å². The van der Waals surface area contributed by atoms with Crippen LogP contribution in [0.4, 0.5) is 5.82 Å². The first-order valence-electron chi connectivity index (χ1n) is 10.1. The summed E-state index contributed by atoms with van der Waals surface area (Å²) in [6, 6.07) is 5.69. The third kappa shape index (κ3) is 4.56. The molecule has 0 aromatic carbocycles. The maximum absolute atomic E-state index is 11.6. The van der Waals surface area contributed by atoms with Crippen LogP contribution < -0.4 is 4.90 Å². The van der Waals surface area contributed by atoms with Gasteiger partial charge >= 0.3 is 5.97 Å². The number of aromatic nitrogens is 1. The van der Waals surface area contributed by atoms with E-state index in [1.54, 1.807) is 12.1 Å². The van der Waals surface area contributed by atoms with Crippen LogP contribution in [0.3, 0.4) is 0 Å². The molecule has 0 bridgehead atoms. The summed E-state index contributed by atoms with van der Waals surface area (Å²) >= 11 is 1.40. The smallest absolute Gasteiger partial charge is 0.373 e. The third-order valence-corrected chi connectivity index (χ3v) is 6.34. The molecule has 1 fully saturated rings. The maximum atomic E-state index is 11.6. The molecule has 0 saturated carbocycles. The Morgan fingerprint density at radius 1 is 1.32 bits per heavy atom. The number of carbonyl (C=O) groups excluding carboxylic acids is 1. The summed E-state index contributed by atoms with van der Waals surface area (Å²) in [4.78, 5) is 18.8. The number of furan rings is 1. The van der Waals surface area contributed by atoms with Crippen molar-refractivity contribution < 1.29 is 23.4 Å². The zero-order valence-electron chi connectivity index (χ0n) is 17.9. The van der Waals surface area contributed by atoms with Crippen LogP contribution in [-0.2, 0) is 33.0 Å². The molecule has 31 heavy (non-hydrogen) atoms. The van der Waals surface area contributed by atoms with Gasteiger partial charge in [0.15, 0.2) is 5.09 Å². The fraction of sp³-hybridized carbons (Fsp3) is 0.500. The fourth-order valence-electron chi connectivity index (χ4n) is 3.82. The molecule has 0 N–H and O–H groups in total. The second kappa shape index (κ2) is 8.91. The van der Waals surface area contributed by atoms with Crippen molar-refractivity contribution >= 4 is 23.5 Å². The highest BCUT2D eigenvalue weighted by molar-refractivity contribution is 7.98. The lowest BCUT2D eigenvalue weighted by atomic mass is 9.88. The number of carbonyl (C=O) groups is 1. The number of hydrogen-bond donors (Lipinski definition) is 0. The number of esters is 1. The minimum Gasteiger partial charge on any atom is -0.463 e. The number of rotatable bonds is 5. The van der Waals surface area contributed by atoms with Crippen molar-refractivity contribution in [3.63, 3.8) is 0 Å². The molecule has 2 aliphatic rings. The Bertz CT molecular complexity index is 1020. The van der Waals surface area contributed by atoms with Gasteiger partial charge in [0.2, 0.25) is 5.76 Å². The minimum absolute atomic E-state index is 0.150. The third-order valence-electron chi connectivity index (χ3n) is 5.42. The molecule has 2 aromatic heterocycles. The first-order chi connectivity index (χ1) is 14.9. The standard InChI is InChI=1S/C22H25N3O5S/c1-22(2)10-14-15(11-23)17(13-31-19-5-4-18(30-19)21(26)27-3)24-20(16(14)12-29-22)25-6-8-28-9-7-25/h4-5H,6-10,12-13H2,1-3H3. The molecule has 9 heteroatoms. The average molecular weight is 444 g/mol. The van der Waals surface area contributed by atoms with E-state index < -0.39 is 5.97 Å². The normalized spacial score (nSPS) is 17.7. The molecule has 164 valence electrons. The van der Waals surface area contributed by atoms with Crippen molar-refractivity contribution in [3.05, 3.63) is 40.3 Å². The number of thioether (sulfide) groups is 1. The number of fused-ring (bicyclic) bond motifs is 1. The number of morpholine rings is 1. The molecule has 0 amide bonds. The molecule has 0 radical (unpaired) electrons. The van der Waals surface area contributed by atoms with Gasteiger partial charge in [-0.1, -0.05) is 11.8 Å². The van der Waals surface area contributed by atoms with Gasteiger partial charge in [0.25, 0.3) is 0 Å². The molecule has 4 heterocycles. The molecule has 0 atom stereocenters. The largest absolute Gasteiger partial charge is 0.463 e. The molecular formula is C22H25N3O5S. The van der Waals surface area contributed by atoms with Gasteiger partial charge in [-0.05, 0) is 31.5 Å². The van der Waals surface area contributed by atoms with E-state index in [1.165, 1.54) is 18.9 Å². The highest BCUT2D eigenvalue weighted by atomic mass is 32.2. The van der Waals surface area contributed by atoms with Gasteiger partial charge in [-0.15, -0.1) is 0 Å². The zero-order chi connectivity index (χ0) is 22.0. The SMILES string of the molecule is COC(=O)c1ccc(SCc2nc(N3CCOCC3)c3c(c2C#N)CC(C)(C)OC3)o1. The maximum Gasteiger partial charge on any atom is 0.373 e. The number of anilines is 1. The van der Waals surface area contributed by atoms with E-state index in [9.17, 15) is 10.1 Å². The lowest BCUT2D eigenvalue weighted by molar-refractivity contribution is -0.0402. The quantitative estimate of drug-likeness (QED) is 0.509. The number of nitriles is 1. The summed E-state index contributed by atoms with van der Waals surface area (Å²) < 4.78 is 21.8. The molecule has 8 nitrogen and oxygen atoms in total. The van der Waals surface area contributed by atoms with Crippen LogP contribution in [0.25, 0.3) is 0 Å². The van der Waals surface area contributed by atoms with Crippen molar-refractivity contribution in [1.29, 1.82) is 5.26 Å². The van der Waals surface area contributed by atoms with E-state index in [4.69, 9.17) is 18.9 Å². The summed E-state index contributed by atoms with van der Waals surface area (Å²) in [5, 5.41) is 10.6. The molecule has 0 unspecified atom stereocenters. The van der Waals surface area contributed by atoms with Crippen LogP contribution in [0.1, 0.15) is 46.8 Å². The Balaban J connectivity index is 1.68. The number of pyridine rings is 1. The van der Waals surface area contributed by atoms with Crippen LogP contribution in [0.15, 0.2) is 21.6 Å². The Hall–Kier alpha value is -2.54. The number of methoxy groups -OCH3 is 1. The Labute approximate surface area is 185 Å². The molecule has 4 rings (SSSR count). The number of hydrogen-bond acceptors (Lipinski definition) is 9. The summed E-state index contributed by atoms with van der Waals surface area (Å²) in [5.41, 5.74) is 2.98. The van der Waals surface area contributed by atoms with Gasteiger partial charge in [-0.25, -0.2) is 9.78 Å². The van der Waals surface area contributed by atoms with Crippen LogP contribution in [0.2, 0.25) is 0 Å². The number of nitrogens with zero attached hydrogens (tertiary/aromatic N) is 3. The topological polar surface area (TPSA) is 97.8 Å². The van der Waals surface area contributed by atoms with Crippen molar-refractivity contribution in [2.75, 3.05) is 38.3 Å². The Morgan fingerprint density at radius 3 is 2.81 bits per heavy atom. The van der Waals surface area contributed by atoms with E-state index in [2.05, 4.69) is 15.7 Å². The molecule has 0 spiro atoms. The van der Waals surface area contributed by atoms with Gasteiger partial charge in [-0.2, -0.15) is 5.26 Å². The van der Waals surface area contributed by atoms with Crippen molar-refractivity contribution in [2.24, 2.45) is 0 Å². The van der Waals surface area contributed by atoms with Crippen LogP contribution in [0.5, 0.6) is 0 Å². The fourth-order valence-corrected chi connectivity index (χ4v) is 4.62. The van der Waals surface area contributed by atoms with Crippen LogP contribution in [-0.4, -0.2) is 50.0 Å². The van der Waals surface area contributed by atoms with Crippen LogP contribution >= 0.6 is 11.8 Å². The summed E-state index contributed by atoms with van der Waals surface area (Å²) in [7, 11) is 1.31. The first kappa shape index (κ1) is 21.7. The highest BCUT2D eigenvalue weighted by Gasteiger charge is 2.33. The monoisotopic (exact) mass is 443 g/mol. The molecular weight excluding hydrogens is 418 g/mol. The van der Waals surface area contributed by atoms with E-state index in [0.29, 0.717) is 48.3 Å². The summed E-state index contributed by atoms with van der Waals surface area (Å²) in [6.07, 6.45) is 0.649. The molecule has 1 saturated heterocycles. The second-order valence-electron chi connectivity index (χ2n) is 8.05. The van der Waals surface area contributed by atoms with Gasteiger partial charge in [0.05, 0.1) is 43.8 Å². The van der Waals surface area contributed by atoms with Gasteiger partial charge in [0.1, 0.15) is 11.9 Å². The van der Waals surface area contributed by atoms with Crippen molar-refractivity contribution in [3.8, 4) is 6.07 Å². The lowest BCUT2D eigenvalue weighted by Crippen LogP contribution is -2.40. The average Bonchev–Trinajstić information content (AvgIpc) is 3.25. The van der Waals surface area contributed by atoms with Gasteiger partial charge in [0, 0.05) is 30.8 Å².